The Hall–Kier alpha value is -2.25. The van der Waals surface area contributed by atoms with Crippen molar-refractivity contribution in [3.8, 4) is 11.5 Å². The van der Waals surface area contributed by atoms with Gasteiger partial charge in [-0.15, -0.1) is 11.3 Å². The number of nitrogens with one attached hydrogen (secondary N) is 2. The molecule has 0 bridgehead atoms. The van der Waals surface area contributed by atoms with Gasteiger partial charge in [-0.3, -0.25) is 0 Å². The number of ether oxygens (including phenoxy) is 3. The van der Waals surface area contributed by atoms with Gasteiger partial charge in [0.1, 0.15) is 6.10 Å². The third-order valence-electron chi connectivity index (χ3n) is 3.71. The Bertz CT molecular complexity index is 702. The largest absolute Gasteiger partial charge is 0.493 e. The smallest absolute Gasteiger partial charge is 0.315 e. The summed E-state index contributed by atoms with van der Waals surface area (Å²) in [4.78, 5) is 14.3. The number of amides is 2. The topological polar surface area (TPSA) is 68.8 Å². The van der Waals surface area contributed by atoms with Crippen molar-refractivity contribution in [1.29, 1.82) is 0 Å². The first-order valence-electron chi connectivity index (χ1n) is 7.89. The van der Waals surface area contributed by atoms with Crippen LogP contribution < -0.4 is 20.1 Å². The summed E-state index contributed by atoms with van der Waals surface area (Å²) in [6.07, 6.45) is -0.148. The van der Waals surface area contributed by atoms with E-state index >= 15 is 0 Å². The fraction of sp³-hybridized carbons (Fsp3) is 0.389. The van der Waals surface area contributed by atoms with Gasteiger partial charge in [0, 0.05) is 23.4 Å². The first-order valence-corrected chi connectivity index (χ1v) is 8.70. The molecule has 0 aliphatic heterocycles. The minimum Gasteiger partial charge on any atom is -0.493 e. The van der Waals surface area contributed by atoms with Crippen LogP contribution in [0.25, 0.3) is 0 Å². The number of urea groups is 1. The van der Waals surface area contributed by atoms with Gasteiger partial charge in [-0.05, 0) is 36.8 Å². The van der Waals surface area contributed by atoms with E-state index in [2.05, 4.69) is 10.6 Å². The number of benzene rings is 1. The van der Waals surface area contributed by atoms with Gasteiger partial charge >= 0.3 is 6.03 Å². The van der Waals surface area contributed by atoms with Gasteiger partial charge in [-0.1, -0.05) is 6.07 Å². The monoisotopic (exact) mass is 364 g/mol. The number of rotatable bonds is 8. The summed E-state index contributed by atoms with van der Waals surface area (Å²) < 4.78 is 15.9. The van der Waals surface area contributed by atoms with Crippen LogP contribution in [0, 0.1) is 6.92 Å². The van der Waals surface area contributed by atoms with Crippen molar-refractivity contribution >= 4 is 17.4 Å². The van der Waals surface area contributed by atoms with Gasteiger partial charge in [0.05, 0.1) is 20.8 Å². The summed E-state index contributed by atoms with van der Waals surface area (Å²) in [6, 6.07) is 9.36. The lowest BCUT2D eigenvalue weighted by Gasteiger charge is -2.15. The van der Waals surface area contributed by atoms with E-state index in [9.17, 15) is 4.79 Å². The summed E-state index contributed by atoms with van der Waals surface area (Å²) in [6.45, 7) is 2.85. The first-order chi connectivity index (χ1) is 12.1. The SMILES string of the molecule is COc1ccc(CNC(=O)NCC(OC)c2ccc(C)s2)cc1OC. The zero-order valence-electron chi connectivity index (χ0n) is 14.9. The van der Waals surface area contributed by atoms with Crippen LogP contribution in [0.2, 0.25) is 0 Å². The molecule has 2 rings (SSSR count). The molecule has 2 amide bonds. The summed E-state index contributed by atoms with van der Waals surface area (Å²) in [7, 11) is 4.81. The summed E-state index contributed by atoms with van der Waals surface area (Å²) in [5.74, 6) is 1.29. The normalized spacial score (nSPS) is 11.7. The van der Waals surface area contributed by atoms with Crippen molar-refractivity contribution in [2.45, 2.75) is 19.6 Å². The molecule has 0 aliphatic rings. The zero-order valence-corrected chi connectivity index (χ0v) is 15.7. The number of methoxy groups -OCH3 is 3. The van der Waals surface area contributed by atoms with E-state index < -0.39 is 0 Å². The van der Waals surface area contributed by atoms with Crippen LogP contribution in [0.4, 0.5) is 4.79 Å². The van der Waals surface area contributed by atoms with Gasteiger partial charge in [-0.25, -0.2) is 4.79 Å². The lowest BCUT2D eigenvalue weighted by molar-refractivity contribution is 0.107. The highest BCUT2D eigenvalue weighted by atomic mass is 32.1. The molecular weight excluding hydrogens is 340 g/mol. The maximum absolute atomic E-state index is 12.0. The van der Waals surface area contributed by atoms with Crippen LogP contribution in [-0.4, -0.2) is 33.9 Å². The van der Waals surface area contributed by atoms with Crippen molar-refractivity contribution in [1.82, 2.24) is 10.6 Å². The Morgan fingerprint density at radius 3 is 2.44 bits per heavy atom. The minimum atomic E-state index is -0.245. The molecule has 1 heterocycles. The van der Waals surface area contributed by atoms with Crippen molar-refractivity contribution in [2.24, 2.45) is 0 Å². The maximum Gasteiger partial charge on any atom is 0.315 e. The number of carbonyl (C=O) groups is 1. The zero-order chi connectivity index (χ0) is 18.2. The molecule has 25 heavy (non-hydrogen) atoms. The molecule has 1 unspecified atom stereocenters. The third-order valence-corrected chi connectivity index (χ3v) is 4.80. The fourth-order valence-corrected chi connectivity index (χ4v) is 3.30. The quantitative estimate of drug-likeness (QED) is 0.754. The third kappa shape index (κ3) is 5.37. The minimum absolute atomic E-state index is 0.148. The van der Waals surface area contributed by atoms with Crippen LogP contribution in [0.1, 0.15) is 21.4 Å². The molecule has 1 aromatic carbocycles. The van der Waals surface area contributed by atoms with E-state index in [0.29, 0.717) is 24.6 Å². The van der Waals surface area contributed by atoms with Gasteiger partial charge in [0.25, 0.3) is 0 Å². The van der Waals surface area contributed by atoms with Crippen LogP contribution in [0.3, 0.4) is 0 Å². The van der Waals surface area contributed by atoms with E-state index in [1.54, 1.807) is 32.7 Å². The summed E-state index contributed by atoms with van der Waals surface area (Å²) >= 11 is 1.67. The lowest BCUT2D eigenvalue weighted by atomic mass is 10.2. The summed E-state index contributed by atoms with van der Waals surface area (Å²) in [5.41, 5.74) is 0.921. The van der Waals surface area contributed by atoms with Gasteiger partial charge in [-0.2, -0.15) is 0 Å². The predicted octanol–water partition coefficient (Wildman–Crippen LogP) is 3.26. The molecule has 1 aromatic heterocycles. The van der Waals surface area contributed by atoms with Crippen molar-refractivity contribution < 1.29 is 19.0 Å². The van der Waals surface area contributed by atoms with E-state index in [-0.39, 0.29) is 12.1 Å². The first kappa shape index (κ1) is 19.1. The van der Waals surface area contributed by atoms with Gasteiger partial charge in [0.2, 0.25) is 0 Å². The Morgan fingerprint density at radius 1 is 1.08 bits per heavy atom. The molecule has 7 heteroatoms. The molecule has 0 saturated carbocycles. The van der Waals surface area contributed by atoms with E-state index in [1.807, 2.05) is 37.3 Å². The number of carbonyl (C=O) groups excluding carboxylic acids is 1. The summed E-state index contributed by atoms with van der Waals surface area (Å²) in [5, 5.41) is 5.66. The maximum atomic E-state index is 12.0. The van der Waals surface area contributed by atoms with Gasteiger partial charge in [0.15, 0.2) is 11.5 Å². The molecule has 2 aromatic rings. The molecule has 0 fully saturated rings. The second kappa shape index (κ2) is 9.29. The van der Waals surface area contributed by atoms with E-state index in [0.717, 1.165) is 10.4 Å². The van der Waals surface area contributed by atoms with Crippen LogP contribution >= 0.6 is 11.3 Å². The van der Waals surface area contributed by atoms with Crippen molar-refractivity contribution in [3.63, 3.8) is 0 Å². The molecule has 0 spiro atoms. The molecule has 6 nitrogen and oxygen atoms in total. The highest BCUT2D eigenvalue weighted by Gasteiger charge is 2.14. The van der Waals surface area contributed by atoms with Crippen LogP contribution in [-0.2, 0) is 11.3 Å². The Balaban J connectivity index is 1.84. The van der Waals surface area contributed by atoms with Crippen LogP contribution in [0.5, 0.6) is 11.5 Å². The van der Waals surface area contributed by atoms with Crippen molar-refractivity contribution in [2.75, 3.05) is 27.9 Å². The Labute approximate surface area is 152 Å². The van der Waals surface area contributed by atoms with E-state index in [4.69, 9.17) is 14.2 Å². The van der Waals surface area contributed by atoms with Crippen molar-refractivity contribution in [3.05, 3.63) is 45.6 Å². The Kier molecular flexibility index (Phi) is 7.09. The average molecular weight is 364 g/mol. The number of hydrogen-bond acceptors (Lipinski definition) is 5. The number of thiophene rings is 1. The van der Waals surface area contributed by atoms with Gasteiger partial charge < -0.3 is 24.8 Å². The van der Waals surface area contributed by atoms with Crippen LogP contribution in [0.15, 0.2) is 30.3 Å². The molecule has 1 atom stereocenters. The second-order valence-corrected chi connectivity index (χ2v) is 6.75. The number of hydrogen-bond donors (Lipinski definition) is 2. The highest BCUT2D eigenvalue weighted by molar-refractivity contribution is 7.12. The van der Waals surface area contributed by atoms with E-state index in [1.165, 1.54) is 4.88 Å². The molecule has 2 N–H and O–H groups in total. The molecular formula is C18H24N2O4S. The fourth-order valence-electron chi connectivity index (χ4n) is 2.35. The standard InChI is InChI=1S/C18H24N2O4S/c1-12-5-8-17(25-12)16(24-4)11-20-18(21)19-10-13-6-7-14(22-2)15(9-13)23-3/h5-9,16H,10-11H2,1-4H3,(H2,19,20,21). The molecule has 0 radical (unpaired) electrons. The molecule has 0 saturated heterocycles. The average Bonchev–Trinajstić information content (AvgIpc) is 3.06. The number of aryl methyl sites for hydroxylation is 1. The molecule has 136 valence electrons. The molecule has 0 aliphatic carbocycles. The highest BCUT2D eigenvalue weighted by Crippen LogP contribution is 2.27. The second-order valence-electron chi connectivity index (χ2n) is 5.43. The lowest BCUT2D eigenvalue weighted by Crippen LogP contribution is -2.37. The predicted molar refractivity (Wildman–Crippen MR) is 98.6 cm³/mol. The Morgan fingerprint density at radius 2 is 1.84 bits per heavy atom.